The second kappa shape index (κ2) is 3.48. The fraction of sp³-hybridized carbons (Fsp3) is 0.400. The Bertz CT molecular complexity index is 682. The van der Waals surface area contributed by atoms with Crippen molar-refractivity contribution in [1.29, 1.82) is 0 Å². The Morgan fingerprint density at radius 3 is 2.90 bits per heavy atom. The number of imide groups is 1. The third-order valence-electron chi connectivity index (χ3n) is 4.89. The number of hydrogen-bond acceptors (Lipinski definition) is 3. The molecule has 1 N–H and O–H groups in total. The van der Waals surface area contributed by atoms with E-state index in [2.05, 4.69) is 5.32 Å². The number of carbonyl (C=O) groups is 3. The van der Waals surface area contributed by atoms with Crippen molar-refractivity contribution in [3.63, 3.8) is 0 Å². The monoisotopic (exact) mass is 270 g/mol. The molecule has 2 heterocycles. The van der Waals surface area contributed by atoms with Crippen molar-refractivity contribution in [2.24, 2.45) is 0 Å². The van der Waals surface area contributed by atoms with Crippen molar-refractivity contribution in [1.82, 2.24) is 10.2 Å². The molecule has 5 heteroatoms. The molecule has 3 aliphatic rings. The zero-order valence-corrected chi connectivity index (χ0v) is 11.1. The highest BCUT2D eigenvalue weighted by molar-refractivity contribution is 6.17. The lowest BCUT2D eigenvalue weighted by Gasteiger charge is -2.41. The van der Waals surface area contributed by atoms with Gasteiger partial charge in [-0.1, -0.05) is 12.1 Å². The van der Waals surface area contributed by atoms with Crippen molar-refractivity contribution in [2.75, 3.05) is 7.05 Å². The Kier molecular flexibility index (Phi) is 2.02. The number of rotatable bonds is 0. The summed E-state index contributed by atoms with van der Waals surface area (Å²) in [6.45, 7) is 0. The predicted octanol–water partition coefficient (Wildman–Crippen LogP) is 0.371. The number of benzene rings is 1. The maximum absolute atomic E-state index is 12.7. The number of likely N-dealkylation sites (tertiary alicyclic amines) is 1. The van der Waals surface area contributed by atoms with Gasteiger partial charge in [-0.3, -0.25) is 19.3 Å². The minimum Gasteiger partial charge on any atom is -0.339 e. The Morgan fingerprint density at radius 2 is 2.10 bits per heavy atom. The summed E-state index contributed by atoms with van der Waals surface area (Å²) in [5, 5.41) is 2.75. The van der Waals surface area contributed by atoms with Gasteiger partial charge in [0, 0.05) is 12.6 Å². The summed E-state index contributed by atoms with van der Waals surface area (Å²) in [6, 6.07) is 4.82. The Hall–Kier alpha value is -2.17. The summed E-state index contributed by atoms with van der Waals surface area (Å²) in [7, 11) is 1.50. The summed E-state index contributed by atoms with van der Waals surface area (Å²) in [6.07, 6.45) is 2.34. The van der Waals surface area contributed by atoms with Crippen LogP contribution in [0.4, 0.5) is 0 Å². The van der Waals surface area contributed by atoms with Gasteiger partial charge < -0.3 is 5.32 Å². The Labute approximate surface area is 115 Å². The van der Waals surface area contributed by atoms with Crippen LogP contribution in [0.1, 0.15) is 34.3 Å². The van der Waals surface area contributed by atoms with Crippen LogP contribution >= 0.6 is 0 Å². The highest BCUT2D eigenvalue weighted by atomic mass is 16.2. The van der Waals surface area contributed by atoms with Gasteiger partial charge in [0.15, 0.2) is 0 Å². The quantitative estimate of drug-likeness (QED) is 0.693. The van der Waals surface area contributed by atoms with Crippen LogP contribution in [0, 0.1) is 0 Å². The minimum atomic E-state index is -0.871. The lowest BCUT2D eigenvalue weighted by atomic mass is 9.63. The minimum absolute atomic E-state index is 0.180. The molecule has 0 radical (unpaired) electrons. The Morgan fingerprint density at radius 1 is 1.30 bits per heavy atom. The maximum atomic E-state index is 12.7. The lowest BCUT2D eigenvalue weighted by Crippen LogP contribution is -2.58. The molecule has 20 heavy (non-hydrogen) atoms. The molecule has 0 bridgehead atoms. The predicted molar refractivity (Wildman–Crippen MR) is 70.1 cm³/mol. The first-order chi connectivity index (χ1) is 9.57. The van der Waals surface area contributed by atoms with Gasteiger partial charge in [-0.25, -0.2) is 0 Å². The van der Waals surface area contributed by atoms with Crippen molar-refractivity contribution in [3.8, 4) is 0 Å². The molecule has 0 aromatic heterocycles. The van der Waals surface area contributed by atoms with Crippen LogP contribution in [-0.2, 0) is 21.4 Å². The van der Waals surface area contributed by atoms with E-state index in [4.69, 9.17) is 0 Å². The average molecular weight is 270 g/mol. The maximum Gasteiger partial charge on any atom is 0.252 e. The smallest absolute Gasteiger partial charge is 0.252 e. The molecule has 1 spiro atoms. The summed E-state index contributed by atoms with van der Waals surface area (Å²) in [5.74, 6) is -0.729. The van der Waals surface area contributed by atoms with E-state index in [0.717, 1.165) is 24.0 Å². The van der Waals surface area contributed by atoms with Gasteiger partial charge in [0.1, 0.15) is 11.5 Å². The van der Waals surface area contributed by atoms with Crippen molar-refractivity contribution < 1.29 is 14.4 Å². The van der Waals surface area contributed by atoms with Crippen molar-refractivity contribution >= 4 is 17.7 Å². The molecule has 1 aliphatic carbocycles. The number of nitrogens with one attached hydrogen (secondary N) is 1. The van der Waals surface area contributed by atoms with Crippen LogP contribution in [-0.4, -0.2) is 35.7 Å². The second-order valence-electron chi connectivity index (χ2n) is 5.77. The first-order valence-corrected chi connectivity index (χ1v) is 6.82. The topological polar surface area (TPSA) is 66.5 Å². The van der Waals surface area contributed by atoms with E-state index in [0.29, 0.717) is 12.0 Å². The number of hydrogen-bond donors (Lipinski definition) is 1. The zero-order valence-electron chi connectivity index (χ0n) is 11.1. The zero-order chi connectivity index (χ0) is 14.1. The van der Waals surface area contributed by atoms with E-state index < -0.39 is 11.5 Å². The average Bonchev–Trinajstić information content (AvgIpc) is 2.64. The van der Waals surface area contributed by atoms with Crippen molar-refractivity contribution in [2.45, 2.75) is 30.7 Å². The standard InChI is InChI=1S/C15H14N2O3/c1-17-13(19)11-15(14(17)20)7-3-5-8-4-2-6-9(10(8)15)12(18)16-11/h2,4,6,11H,3,5,7H2,1H3,(H,16,18). The molecule has 0 saturated carbocycles. The second-order valence-corrected chi connectivity index (χ2v) is 5.77. The molecule has 4 rings (SSSR count). The molecule has 102 valence electrons. The van der Waals surface area contributed by atoms with Crippen LogP contribution in [0.3, 0.4) is 0 Å². The highest BCUT2D eigenvalue weighted by Gasteiger charge is 2.63. The van der Waals surface area contributed by atoms with E-state index in [-0.39, 0.29) is 17.7 Å². The van der Waals surface area contributed by atoms with Gasteiger partial charge in [-0.15, -0.1) is 0 Å². The summed E-state index contributed by atoms with van der Waals surface area (Å²) >= 11 is 0. The van der Waals surface area contributed by atoms with Crippen LogP contribution in [0.25, 0.3) is 0 Å². The van der Waals surface area contributed by atoms with Gasteiger partial charge in [-0.05, 0) is 36.5 Å². The third-order valence-corrected chi connectivity index (χ3v) is 4.89. The molecule has 2 atom stereocenters. The van der Waals surface area contributed by atoms with Crippen LogP contribution in [0.15, 0.2) is 18.2 Å². The summed E-state index contributed by atoms with van der Waals surface area (Å²) < 4.78 is 0. The number of carbonyl (C=O) groups excluding carboxylic acids is 3. The molecule has 1 aromatic carbocycles. The van der Waals surface area contributed by atoms with Crippen LogP contribution < -0.4 is 5.32 Å². The fourth-order valence-electron chi connectivity index (χ4n) is 4.03. The van der Waals surface area contributed by atoms with Gasteiger partial charge >= 0.3 is 0 Å². The number of amides is 3. The van der Waals surface area contributed by atoms with Gasteiger partial charge in [0.05, 0.1) is 0 Å². The highest BCUT2D eigenvalue weighted by Crippen LogP contribution is 2.48. The van der Waals surface area contributed by atoms with E-state index in [1.807, 2.05) is 12.1 Å². The Balaban J connectivity index is 2.09. The molecule has 2 unspecified atom stereocenters. The largest absolute Gasteiger partial charge is 0.339 e. The lowest BCUT2D eigenvalue weighted by molar-refractivity contribution is -0.138. The molecule has 1 fully saturated rings. The van der Waals surface area contributed by atoms with E-state index in [1.165, 1.54) is 11.9 Å². The number of likely N-dealkylation sites (N-methyl/N-ethyl adjacent to an activating group) is 1. The van der Waals surface area contributed by atoms with Crippen LogP contribution in [0.5, 0.6) is 0 Å². The van der Waals surface area contributed by atoms with E-state index in [1.54, 1.807) is 6.07 Å². The molecule has 5 nitrogen and oxygen atoms in total. The summed E-state index contributed by atoms with van der Waals surface area (Å²) in [4.78, 5) is 38.4. The van der Waals surface area contributed by atoms with Crippen LogP contribution in [0.2, 0.25) is 0 Å². The SMILES string of the molecule is CN1C(=O)C2NC(=O)c3cccc4c3C2(CCC4)C1=O. The van der Waals surface area contributed by atoms with Gasteiger partial charge in [-0.2, -0.15) is 0 Å². The molecule has 1 saturated heterocycles. The molecular formula is C15H14N2O3. The number of nitrogens with zero attached hydrogens (tertiary/aromatic N) is 1. The molecule has 3 amide bonds. The number of aryl methyl sites for hydroxylation is 1. The first-order valence-electron chi connectivity index (χ1n) is 6.82. The normalized spacial score (nSPS) is 30.9. The first kappa shape index (κ1) is 11.6. The van der Waals surface area contributed by atoms with E-state index in [9.17, 15) is 14.4 Å². The summed E-state index contributed by atoms with van der Waals surface area (Å²) in [5.41, 5.74) is 1.51. The fourth-order valence-corrected chi connectivity index (χ4v) is 4.03. The third kappa shape index (κ3) is 1.08. The molecular weight excluding hydrogens is 256 g/mol. The van der Waals surface area contributed by atoms with Crippen molar-refractivity contribution in [3.05, 3.63) is 34.9 Å². The molecule has 2 aliphatic heterocycles. The van der Waals surface area contributed by atoms with Gasteiger partial charge in [0.2, 0.25) is 5.91 Å². The molecule has 1 aromatic rings. The van der Waals surface area contributed by atoms with E-state index >= 15 is 0 Å². The van der Waals surface area contributed by atoms with Gasteiger partial charge in [0.25, 0.3) is 11.8 Å².